The zero-order chi connectivity index (χ0) is 21.2. The molecule has 0 aliphatic rings. The van der Waals surface area contributed by atoms with Crippen LogP contribution in [0.2, 0.25) is 0 Å². The third-order valence-electron chi connectivity index (χ3n) is 5.18. The fourth-order valence-electron chi connectivity index (χ4n) is 3.69. The van der Waals surface area contributed by atoms with E-state index in [1.54, 1.807) is 12.3 Å². The summed E-state index contributed by atoms with van der Waals surface area (Å²) in [6.45, 7) is 0. The summed E-state index contributed by atoms with van der Waals surface area (Å²) in [6.07, 6.45) is 5.24. The van der Waals surface area contributed by atoms with Crippen molar-refractivity contribution in [3.05, 3.63) is 103 Å². The number of carbonyl (C=O) groups is 1. The Labute approximate surface area is 198 Å². The molecule has 32 heavy (non-hydrogen) atoms. The van der Waals surface area contributed by atoms with Gasteiger partial charge in [-0.05, 0) is 29.0 Å². The number of rotatable bonds is 1. The molecule has 0 fully saturated rings. The second-order valence-electron chi connectivity index (χ2n) is 7.10. The van der Waals surface area contributed by atoms with Gasteiger partial charge < -0.3 is 5.11 Å². The predicted octanol–water partition coefficient (Wildman–Crippen LogP) is 5.87. The Kier molecular flexibility index (Phi) is 6.20. The smallest absolute Gasteiger partial charge is 0.354 e. The normalized spacial score (nSPS) is 10.5. The molecule has 6 aromatic rings. The number of fused-ring (bicyclic) bond motifs is 6. The monoisotopic (exact) mass is 598 g/mol. The largest absolute Gasteiger partial charge is 0.477 e. The van der Waals surface area contributed by atoms with Gasteiger partial charge in [0.1, 0.15) is 5.69 Å². The van der Waals surface area contributed by atoms with E-state index < -0.39 is 5.97 Å². The molecule has 3 aromatic carbocycles. The standard InChI is InChI=1S/C16H10N2.C10H7NO2.Pt/c1-3-12-7-5-11-6-8-13-4-2-10-18-16(13)14(11)15(12)17-9-1;12-10(13)9-5-7-3-1-2-4-8(7)6-11-9;/h1-10H;1-6H,(H,12,13);. The molecule has 0 atom stereocenters. The van der Waals surface area contributed by atoms with E-state index in [2.05, 4.69) is 51.4 Å². The minimum absolute atomic E-state index is 0. The van der Waals surface area contributed by atoms with Gasteiger partial charge in [0.05, 0.1) is 11.0 Å². The summed E-state index contributed by atoms with van der Waals surface area (Å²) >= 11 is 0. The molecule has 0 bridgehead atoms. The van der Waals surface area contributed by atoms with Crippen LogP contribution in [0, 0.1) is 0 Å². The maximum absolute atomic E-state index is 10.6. The predicted molar refractivity (Wildman–Crippen MR) is 123 cm³/mol. The van der Waals surface area contributed by atoms with Crippen LogP contribution in [0.4, 0.5) is 0 Å². The fourth-order valence-corrected chi connectivity index (χ4v) is 3.69. The molecule has 0 unspecified atom stereocenters. The van der Waals surface area contributed by atoms with Crippen molar-refractivity contribution < 1.29 is 31.0 Å². The second-order valence-corrected chi connectivity index (χ2v) is 7.10. The van der Waals surface area contributed by atoms with E-state index >= 15 is 0 Å². The molecule has 0 aliphatic heterocycles. The van der Waals surface area contributed by atoms with E-state index in [-0.39, 0.29) is 26.8 Å². The Morgan fingerprint density at radius 1 is 0.625 bits per heavy atom. The number of aromatic carboxylic acids is 1. The number of carboxylic acid groups (broad SMARTS) is 1. The molecule has 6 heteroatoms. The van der Waals surface area contributed by atoms with Crippen molar-refractivity contribution >= 4 is 49.3 Å². The molecule has 158 valence electrons. The third-order valence-corrected chi connectivity index (χ3v) is 5.18. The van der Waals surface area contributed by atoms with Crippen LogP contribution in [0.3, 0.4) is 0 Å². The summed E-state index contributed by atoms with van der Waals surface area (Å²) in [4.78, 5) is 23.4. The van der Waals surface area contributed by atoms with Crippen LogP contribution in [0.25, 0.3) is 43.4 Å². The molecule has 3 heterocycles. The van der Waals surface area contributed by atoms with E-state index in [9.17, 15) is 4.79 Å². The number of pyridine rings is 3. The molecule has 6 rings (SSSR count). The first-order valence-corrected chi connectivity index (χ1v) is 9.80. The van der Waals surface area contributed by atoms with E-state index in [0.717, 1.165) is 38.0 Å². The average Bonchev–Trinajstić information content (AvgIpc) is 2.83. The second kappa shape index (κ2) is 9.21. The number of hydrogen-bond acceptors (Lipinski definition) is 4. The van der Waals surface area contributed by atoms with E-state index in [4.69, 9.17) is 5.11 Å². The Bertz CT molecular complexity index is 1510. The minimum atomic E-state index is -0.995. The summed E-state index contributed by atoms with van der Waals surface area (Å²) in [6, 6.07) is 25.7. The molecule has 5 nitrogen and oxygen atoms in total. The molecule has 3 aromatic heterocycles. The maximum Gasteiger partial charge on any atom is 0.354 e. The first kappa shape index (κ1) is 21.5. The molecule has 0 aliphatic carbocycles. The van der Waals surface area contributed by atoms with Gasteiger partial charge in [0.25, 0.3) is 0 Å². The number of aromatic nitrogens is 3. The quantitative estimate of drug-likeness (QED) is 0.240. The Hall–Kier alpha value is -3.69. The molecule has 0 radical (unpaired) electrons. The molecular formula is C26H17N3O2Pt. The van der Waals surface area contributed by atoms with Crippen LogP contribution in [0.1, 0.15) is 10.5 Å². The molecule has 0 saturated heterocycles. The third kappa shape index (κ3) is 4.07. The van der Waals surface area contributed by atoms with Crippen molar-refractivity contribution in [1.29, 1.82) is 0 Å². The molecule has 1 N–H and O–H groups in total. The Balaban J connectivity index is 0.000000157. The summed E-state index contributed by atoms with van der Waals surface area (Å²) in [7, 11) is 0. The van der Waals surface area contributed by atoms with Gasteiger partial charge in [-0.15, -0.1) is 0 Å². The average molecular weight is 599 g/mol. The van der Waals surface area contributed by atoms with Gasteiger partial charge in [0.2, 0.25) is 0 Å². The molecular weight excluding hydrogens is 581 g/mol. The van der Waals surface area contributed by atoms with Gasteiger partial charge in [0.15, 0.2) is 0 Å². The van der Waals surface area contributed by atoms with Crippen LogP contribution in [0.15, 0.2) is 97.5 Å². The fraction of sp³-hybridized carbons (Fsp3) is 0. The molecule has 0 saturated carbocycles. The van der Waals surface area contributed by atoms with E-state index in [1.807, 2.05) is 48.8 Å². The zero-order valence-electron chi connectivity index (χ0n) is 16.8. The number of nitrogens with zero attached hydrogens (tertiary/aromatic N) is 3. The molecule has 0 amide bonds. The summed E-state index contributed by atoms with van der Waals surface area (Å²) in [5, 5.41) is 15.2. The first-order valence-electron chi connectivity index (χ1n) is 9.80. The van der Waals surface area contributed by atoms with Gasteiger partial charge in [-0.25, -0.2) is 9.78 Å². The van der Waals surface area contributed by atoms with E-state index in [0.29, 0.717) is 0 Å². The van der Waals surface area contributed by atoms with Gasteiger partial charge >= 0.3 is 5.97 Å². The topological polar surface area (TPSA) is 76.0 Å². The number of benzene rings is 3. The first-order chi connectivity index (χ1) is 15.2. The Morgan fingerprint density at radius 3 is 1.75 bits per heavy atom. The van der Waals surface area contributed by atoms with Gasteiger partial charge in [-0.1, -0.05) is 60.7 Å². The van der Waals surface area contributed by atoms with Crippen molar-refractivity contribution in [3.8, 4) is 0 Å². The van der Waals surface area contributed by atoms with Crippen molar-refractivity contribution in [2.24, 2.45) is 0 Å². The minimum Gasteiger partial charge on any atom is -0.477 e. The van der Waals surface area contributed by atoms with Gasteiger partial charge in [0, 0.05) is 61.2 Å². The van der Waals surface area contributed by atoms with Gasteiger partial charge in [-0.3, -0.25) is 9.97 Å². The number of hydrogen-bond donors (Lipinski definition) is 1. The SMILES string of the molecule is O=C(O)c1cc2ccccc2cn1.[Pt].c1cnc2c(c1)ccc1ccc3cccnc3c12. The maximum atomic E-state index is 10.6. The van der Waals surface area contributed by atoms with Crippen molar-refractivity contribution in [2.45, 2.75) is 0 Å². The van der Waals surface area contributed by atoms with Crippen molar-refractivity contribution in [3.63, 3.8) is 0 Å². The van der Waals surface area contributed by atoms with Crippen LogP contribution >= 0.6 is 0 Å². The Morgan fingerprint density at radius 2 is 1.16 bits per heavy atom. The van der Waals surface area contributed by atoms with Crippen molar-refractivity contribution in [1.82, 2.24) is 15.0 Å². The van der Waals surface area contributed by atoms with Crippen LogP contribution in [-0.4, -0.2) is 26.0 Å². The van der Waals surface area contributed by atoms with Crippen LogP contribution < -0.4 is 0 Å². The molecule has 0 spiro atoms. The van der Waals surface area contributed by atoms with E-state index in [1.165, 1.54) is 5.39 Å². The van der Waals surface area contributed by atoms with Crippen LogP contribution in [-0.2, 0) is 21.1 Å². The summed E-state index contributed by atoms with van der Waals surface area (Å²) in [5.41, 5.74) is 2.14. The zero-order valence-corrected chi connectivity index (χ0v) is 19.0. The van der Waals surface area contributed by atoms with Crippen LogP contribution in [0.5, 0.6) is 0 Å². The summed E-state index contributed by atoms with van der Waals surface area (Å²) < 4.78 is 0. The van der Waals surface area contributed by atoms with Crippen molar-refractivity contribution in [2.75, 3.05) is 0 Å². The number of carboxylic acids is 1. The van der Waals surface area contributed by atoms with Gasteiger partial charge in [-0.2, -0.15) is 0 Å². The summed E-state index contributed by atoms with van der Waals surface area (Å²) in [5.74, 6) is -0.995.